The maximum Gasteiger partial charge on any atom is 0.232 e. The van der Waals surface area contributed by atoms with Crippen LogP contribution in [0.4, 0.5) is 11.4 Å². The fourth-order valence-corrected chi connectivity index (χ4v) is 4.05. The number of ether oxygens (including phenoxy) is 3. The minimum atomic E-state index is -3.56. The van der Waals surface area contributed by atoms with Gasteiger partial charge in [0, 0.05) is 25.1 Å². The third-order valence-electron chi connectivity index (χ3n) is 4.27. The number of hydrogen-bond donors (Lipinski definition) is 1. The van der Waals surface area contributed by atoms with Crippen LogP contribution in [-0.4, -0.2) is 48.5 Å². The Morgan fingerprint density at radius 3 is 2.27 bits per heavy atom. The van der Waals surface area contributed by atoms with Crippen molar-refractivity contribution in [3.63, 3.8) is 0 Å². The van der Waals surface area contributed by atoms with E-state index < -0.39 is 10.0 Å². The van der Waals surface area contributed by atoms with Gasteiger partial charge in [0.15, 0.2) is 0 Å². The molecule has 1 amide bonds. The number of hydrogen-bond acceptors (Lipinski definition) is 6. The number of halogens is 1. The standard InChI is InChI=1S/C20H25ClN2O6S/c1-27-17-9-6-5-8-16(17)23(30(4,25)26)11-7-10-20(24)22-15-13-18(28-2)14(21)12-19(15)29-3/h5-6,8-9,12-13H,7,10-11H2,1-4H3,(H,22,24). The number of rotatable bonds is 10. The Labute approximate surface area is 181 Å². The van der Waals surface area contributed by atoms with Gasteiger partial charge in [-0.15, -0.1) is 0 Å². The molecule has 0 aliphatic rings. The quantitative estimate of drug-likeness (QED) is 0.587. The summed E-state index contributed by atoms with van der Waals surface area (Å²) in [6.07, 6.45) is 1.50. The zero-order valence-corrected chi connectivity index (χ0v) is 18.8. The van der Waals surface area contributed by atoms with Gasteiger partial charge < -0.3 is 19.5 Å². The van der Waals surface area contributed by atoms with Gasteiger partial charge in [-0.3, -0.25) is 9.10 Å². The third-order valence-corrected chi connectivity index (χ3v) is 5.74. The first-order valence-electron chi connectivity index (χ1n) is 9.03. The molecule has 10 heteroatoms. The van der Waals surface area contributed by atoms with E-state index in [4.69, 9.17) is 25.8 Å². The molecule has 2 rings (SSSR count). The zero-order valence-electron chi connectivity index (χ0n) is 17.3. The number of carbonyl (C=O) groups excluding carboxylic acids is 1. The molecule has 0 radical (unpaired) electrons. The summed E-state index contributed by atoms with van der Waals surface area (Å²) in [4.78, 5) is 12.4. The van der Waals surface area contributed by atoms with E-state index in [-0.39, 0.29) is 18.9 Å². The molecule has 2 aromatic carbocycles. The smallest absolute Gasteiger partial charge is 0.232 e. The van der Waals surface area contributed by atoms with Crippen molar-refractivity contribution in [3.05, 3.63) is 41.4 Å². The summed E-state index contributed by atoms with van der Waals surface area (Å²) in [6.45, 7) is 0.119. The molecule has 0 saturated heterocycles. The van der Waals surface area contributed by atoms with E-state index in [1.165, 1.54) is 25.6 Å². The number of methoxy groups -OCH3 is 3. The summed E-state index contributed by atoms with van der Waals surface area (Å²) in [5, 5.41) is 3.10. The number of anilines is 2. The summed E-state index contributed by atoms with van der Waals surface area (Å²) in [5.41, 5.74) is 0.834. The van der Waals surface area contributed by atoms with Gasteiger partial charge in [-0.05, 0) is 18.6 Å². The molecule has 0 aliphatic heterocycles. The highest BCUT2D eigenvalue weighted by Gasteiger charge is 2.21. The Balaban J connectivity index is 2.08. The van der Waals surface area contributed by atoms with Crippen molar-refractivity contribution < 1.29 is 27.4 Å². The first kappa shape index (κ1) is 23.6. The zero-order chi connectivity index (χ0) is 22.3. The Bertz CT molecular complexity index is 997. The lowest BCUT2D eigenvalue weighted by molar-refractivity contribution is -0.116. The highest BCUT2D eigenvalue weighted by Crippen LogP contribution is 2.36. The number of para-hydroxylation sites is 2. The van der Waals surface area contributed by atoms with E-state index in [0.29, 0.717) is 40.1 Å². The minimum Gasteiger partial charge on any atom is -0.495 e. The summed E-state index contributed by atoms with van der Waals surface area (Å²) in [7, 11) is 0.844. The van der Waals surface area contributed by atoms with Crippen molar-refractivity contribution in [3.8, 4) is 17.2 Å². The van der Waals surface area contributed by atoms with Crippen LogP contribution in [0.5, 0.6) is 17.2 Å². The lowest BCUT2D eigenvalue weighted by Gasteiger charge is -2.24. The second kappa shape index (κ2) is 10.4. The van der Waals surface area contributed by atoms with Crippen LogP contribution in [0.1, 0.15) is 12.8 Å². The van der Waals surface area contributed by atoms with Crippen LogP contribution in [0.3, 0.4) is 0 Å². The molecule has 2 aromatic rings. The molecular formula is C20H25ClN2O6S. The summed E-state index contributed by atoms with van der Waals surface area (Å²) < 4.78 is 41.5. The van der Waals surface area contributed by atoms with Crippen LogP contribution in [0.15, 0.2) is 36.4 Å². The van der Waals surface area contributed by atoms with Crippen LogP contribution < -0.4 is 23.8 Å². The molecule has 8 nitrogen and oxygen atoms in total. The monoisotopic (exact) mass is 456 g/mol. The molecule has 0 aromatic heterocycles. The fraction of sp³-hybridized carbons (Fsp3) is 0.350. The fourth-order valence-electron chi connectivity index (χ4n) is 2.85. The molecule has 0 saturated carbocycles. The molecule has 164 valence electrons. The van der Waals surface area contributed by atoms with Crippen LogP contribution in [0.2, 0.25) is 5.02 Å². The van der Waals surface area contributed by atoms with Gasteiger partial charge in [0.2, 0.25) is 15.9 Å². The molecule has 0 fully saturated rings. The Morgan fingerprint density at radius 1 is 1.03 bits per heavy atom. The van der Waals surface area contributed by atoms with Crippen LogP contribution >= 0.6 is 11.6 Å². The van der Waals surface area contributed by atoms with Gasteiger partial charge in [-0.25, -0.2) is 8.42 Å². The second-order valence-electron chi connectivity index (χ2n) is 6.35. The first-order chi connectivity index (χ1) is 14.2. The number of nitrogens with zero attached hydrogens (tertiary/aromatic N) is 1. The highest BCUT2D eigenvalue weighted by molar-refractivity contribution is 7.92. The van der Waals surface area contributed by atoms with E-state index in [1.807, 2.05) is 0 Å². The van der Waals surface area contributed by atoms with Crippen molar-refractivity contribution in [2.75, 3.05) is 43.8 Å². The number of carbonyl (C=O) groups is 1. The minimum absolute atomic E-state index is 0.0925. The van der Waals surface area contributed by atoms with Gasteiger partial charge in [-0.1, -0.05) is 23.7 Å². The Kier molecular flexibility index (Phi) is 8.19. The van der Waals surface area contributed by atoms with Gasteiger partial charge in [0.05, 0.1) is 44.0 Å². The normalized spacial score (nSPS) is 11.0. The lowest BCUT2D eigenvalue weighted by atomic mass is 10.2. The van der Waals surface area contributed by atoms with E-state index in [1.54, 1.807) is 36.4 Å². The Hall–Kier alpha value is -2.65. The van der Waals surface area contributed by atoms with Crippen molar-refractivity contribution in [1.82, 2.24) is 0 Å². The van der Waals surface area contributed by atoms with Gasteiger partial charge in [-0.2, -0.15) is 0 Å². The lowest BCUT2D eigenvalue weighted by Crippen LogP contribution is -2.31. The van der Waals surface area contributed by atoms with Gasteiger partial charge in [0.1, 0.15) is 17.2 Å². The maximum absolute atomic E-state index is 12.4. The van der Waals surface area contributed by atoms with E-state index in [9.17, 15) is 13.2 Å². The molecular weight excluding hydrogens is 432 g/mol. The van der Waals surface area contributed by atoms with Gasteiger partial charge >= 0.3 is 0 Å². The average molecular weight is 457 g/mol. The molecule has 30 heavy (non-hydrogen) atoms. The number of amides is 1. The highest BCUT2D eigenvalue weighted by atomic mass is 35.5. The molecule has 0 heterocycles. The SMILES string of the molecule is COc1cc(NC(=O)CCCN(c2ccccc2OC)S(C)(=O)=O)c(OC)cc1Cl. The second-order valence-corrected chi connectivity index (χ2v) is 8.66. The van der Waals surface area contributed by atoms with Crippen LogP contribution in [-0.2, 0) is 14.8 Å². The predicted molar refractivity (Wildman–Crippen MR) is 118 cm³/mol. The number of sulfonamides is 1. The number of nitrogens with one attached hydrogen (secondary N) is 1. The van der Waals surface area contributed by atoms with Crippen molar-refractivity contribution in [1.29, 1.82) is 0 Å². The molecule has 0 unspecified atom stereocenters. The van der Waals surface area contributed by atoms with Crippen LogP contribution in [0.25, 0.3) is 0 Å². The van der Waals surface area contributed by atoms with Crippen molar-refractivity contribution in [2.45, 2.75) is 12.8 Å². The average Bonchev–Trinajstić information content (AvgIpc) is 2.71. The van der Waals surface area contributed by atoms with E-state index in [2.05, 4.69) is 5.32 Å². The molecule has 1 N–H and O–H groups in total. The molecule has 0 aliphatic carbocycles. The largest absolute Gasteiger partial charge is 0.495 e. The predicted octanol–water partition coefficient (Wildman–Crippen LogP) is 3.55. The topological polar surface area (TPSA) is 94.2 Å². The molecule has 0 atom stereocenters. The summed E-state index contributed by atoms with van der Waals surface area (Å²) in [5.74, 6) is 0.921. The summed E-state index contributed by atoms with van der Waals surface area (Å²) >= 11 is 6.07. The Morgan fingerprint density at radius 2 is 1.67 bits per heavy atom. The maximum atomic E-state index is 12.4. The van der Waals surface area contributed by atoms with Crippen LogP contribution in [0, 0.1) is 0 Å². The third kappa shape index (κ3) is 5.93. The molecule has 0 spiro atoms. The molecule has 0 bridgehead atoms. The number of benzene rings is 2. The van der Waals surface area contributed by atoms with Gasteiger partial charge in [0.25, 0.3) is 0 Å². The van der Waals surface area contributed by atoms with E-state index >= 15 is 0 Å². The van der Waals surface area contributed by atoms with Crippen molar-refractivity contribution in [2.24, 2.45) is 0 Å². The first-order valence-corrected chi connectivity index (χ1v) is 11.3. The summed E-state index contributed by atoms with van der Waals surface area (Å²) in [6, 6.07) is 9.93. The van der Waals surface area contributed by atoms with Crippen molar-refractivity contribution >= 4 is 38.9 Å². The van der Waals surface area contributed by atoms with E-state index in [0.717, 1.165) is 6.26 Å².